The average Bonchev–Trinajstić information content (AvgIpc) is 2.99. The maximum Gasteiger partial charge on any atom is 0.343 e. The van der Waals surface area contributed by atoms with Gasteiger partial charge >= 0.3 is 6.03 Å². The number of rotatable bonds is 6. The second-order valence-corrected chi connectivity index (χ2v) is 10.5. The molecule has 10 heteroatoms. The molecule has 0 bridgehead atoms. The first-order valence-electron chi connectivity index (χ1n) is 10.3. The highest BCUT2D eigenvalue weighted by molar-refractivity contribution is 8.24. The Balaban J connectivity index is 1.78. The van der Waals surface area contributed by atoms with Crippen molar-refractivity contribution in [3.63, 3.8) is 0 Å². The Morgan fingerprint density at radius 2 is 1.97 bits per heavy atom. The summed E-state index contributed by atoms with van der Waals surface area (Å²) in [6, 6.07) is 4.98. The molecule has 1 saturated carbocycles. The molecule has 1 aromatic rings. The standard InChI is InChI=1S/C21H30N4O4S2/c1-21(2)18(25(27)19(26)23-15-8-6-5-7-9-15)24(20(30)31-21)22-13-14-10-11-16(28-3)17(12-14)29-4/h10-13,15,18,27H,5-9H2,1-4H3,(H,23,26)/b22-13-/t18-/m1/s1. The Kier molecular flexibility index (Phi) is 7.66. The minimum atomic E-state index is -0.745. The molecule has 1 saturated heterocycles. The summed E-state index contributed by atoms with van der Waals surface area (Å²) in [5, 5.41) is 20.5. The van der Waals surface area contributed by atoms with Gasteiger partial charge in [0.05, 0.1) is 25.2 Å². The van der Waals surface area contributed by atoms with Gasteiger partial charge in [0, 0.05) is 6.04 Å². The monoisotopic (exact) mass is 466 g/mol. The van der Waals surface area contributed by atoms with Crippen LogP contribution in [-0.2, 0) is 0 Å². The molecule has 1 aliphatic heterocycles. The summed E-state index contributed by atoms with van der Waals surface area (Å²) in [6.45, 7) is 3.86. The largest absolute Gasteiger partial charge is 0.493 e. The number of nitrogens with zero attached hydrogens (tertiary/aromatic N) is 3. The van der Waals surface area contributed by atoms with E-state index in [1.54, 1.807) is 32.6 Å². The predicted molar refractivity (Wildman–Crippen MR) is 126 cm³/mol. The number of hydrogen-bond acceptors (Lipinski definition) is 7. The van der Waals surface area contributed by atoms with Crippen molar-refractivity contribution in [3.8, 4) is 11.5 Å². The Morgan fingerprint density at radius 3 is 2.61 bits per heavy atom. The Morgan fingerprint density at radius 1 is 1.29 bits per heavy atom. The molecule has 0 radical (unpaired) electrons. The molecule has 1 heterocycles. The number of hydrogen-bond donors (Lipinski definition) is 2. The Bertz CT molecular complexity index is 843. The van der Waals surface area contributed by atoms with Crippen molar-refractivity contribution in [2.75, 3.05) is 14.2 Å². The van der Waals surface area contributed by atoms with E-state index in [-0.39, 0.29) is 6.04 Å². The molecule has 8 nitrogen and oxygen atoms in total. The SMILES string of the molecule is COc1ccc(/C=N\N2C(=S)SC(C)(C)[C@H]2N(O)C(=O)NC2CCCCC2)cc1OC. The van der Waals surface area contributed by atoms with Gasteiger partial charge in [-0.15, -0.1) is 0 Å². The van der Waals surface area contributed by atoms with Gasteiger partial charge in [-0.05, 0) is 50.5 Å². The van der Waals surface area contributed by atoms with E-state index in [4.69, 9.17) is 21.7 Å². The van der Waals surface area contributed by atoms with Crippen LogP contribution in [0.3, 0.4) is 0 Å². The van der Waals surface area contributed by atoms with Gasteiger partial charge in [0.15, 0.2) is 22.0 Å². The van der Waals surface area contributed by atoms with Crippen LogP contribution in [0.2, 0.25) is 0 Å². The lowest BCUT2D eigenvalue weighted by Gasteiger charge is -2.35. The molecule has 0 aromatic heterocycles. The number of nitrogens with one attached hydrogen (secondary N) is 1. The van der Waals surface area contributed by atoms with Crippen LogP contribution >= 0.6 is 24.0 Å². The van der Waals surface area contributed by atoms with E-state index in [1.807, 2.05) is 19.9 Å². The zero-order valence-corrected chi connectivity index (χ0v) is 20.0. The minimum Gasteiger partial charge on any atom is -0.493 e. The molecule has 31 heavy (non-hydrogen) atoms. The lowest BCUT2D eigenvalue weighted by atomic mass is 9.96. The number of hydroxylamine groups is 2. The van der Waals surface area contributed by atoms with Crippen LogP contribution in [0.1, 0.15) is 51.5 Å². The summed E-state index contributed by atoms with van der Waals surface area (Å²) in [5.74, 6) is 1.20. The fraction of sp³-hybridized carbons (Fsp3) is 0.571. The highest BCUT2D eigenvalue weighted by Gasteiger charge is 2.50. The molecule has 1 aliphatic carbocycles. The molecule has 2 amide bonds. The molecule has 170 valence electrons. The van der Waals surface area contributed by atoms with Gasteiger partial charge in [0.25, 0.3) is 0 Å². The van der Waals surface area contributed by atoms with Gasteiger partial charge in [-0.25, -0.2) is 9.80 Å². The number of thiocarbonyl (C=S) groups is 1. The van der Waals surface area contributed by atoms with Gasteiger partial charge in [-0.3, -0.25) is 5.21 Å². The van der Waals surface area contributed by atoms with Crippen LogP contribution in [0.25, 0.3) is 0 Å². The number of hydrazone groups is 1. The third kappa shape index (κ3) is 5.42. The van der Waals surface area contributed by atoms with E-state index >= 15 is 0 Å². The maximum absolute atomic E-state index is 12.8. The lowest BCUT2D eigenvalue weighted by Crippen LogP contribution is -2.57. The van der Waals surface area contributed by atoms with E-state index in [0.717, 1.165) is 36.3 Å². The first-order valence-corrected chi connectivity index (χ1v) is 11.6. The fourth-order valence-electron chi connectivity index (χ4n) is 3.89. The molecule has 2 fully saturated rings. The van der Waals surface area contributed by atoms with Crippen molar-refractivity contribution in [2.24, 2.45) is 5.10 Å². The van der Waals surface area contributed by atoms with Crippen LogP contribution < -0.4 is 14.8 Å². The van der Waals surface area contributed by atoms with Crippen molar-refractivity contribution in [1.29, 1.82) is 0 Å². The zero-order chi connectivity index (χ0) is 22.6. The summed E-state index contributed by atoms with van der Waals surface area (Å²) in [4.78, 5) is 12.8. The molecule has 0 spiro atoms. The topological polar surface area (TPSA) is 86.6 Å². The number of methoxy groups -OCH3 is 2. The first kappa shape index (κ1) is 23.6. The summed E-state index contributed by atoms with van der Waals surface area (Å²) in [6.07, 6.45) is 6.11. The molecule has 2 N–H and O–H groups in total. The third-order valence-corrected chi connectivity index (χ3v) is 7.04. The van der Waals surface area contributed by atoms with Crippen molar-refractivity contribution < 1.29 is 19.5 Å². The fourth-order valence-corrected chi connectivity index (χ4v) is 5.67. The molecule has 2 aliphatic rings. The third-order valence-electron chi connectivity index (χ3n) is 5.50. The highest BCUT2D eigenvalue weighted by Crippen LogP contribution is 2.42. The maximum atomic E-state index is 12.8. The molecule has 3 rings (SSSR count). The van der Waals surface area contributed by atoms with Crippen molar-refractivity contribution in [2.45, 2.75) is 62.9 Å². The number of thioether (sulfide) groups is 1. The normalized spacial score (nSPS) is 21.4. The Hall–Kier alpha value is -2.04. The molecular formula is C21H30N4O4S2. The first-order chi connectivity index (χ1) is 14.8. The van der Waals surface area contributed by atoms with E-state index in [2.05, 4.69) is 10.4 Å². The molecule has 1 aromatic carbocycles. The smallest absolute Gasteiger partial charge is 0.343 e. The van der Waals surface area contributed by atoms with E-state index in [1.165, 1.54) is 23.2 Å². The van der Waals surface area contributed by atoms with Crippen molar-refractivity contribution in [1.82, 2.24) is 15.4 Å². The van der Waals surface area contributed by atoms with Crippen LogP contribution in [-0.4, -0.2) is 63.0 Å². The van der Waals surface area contributed by atoms with Crippen LogP contribution in [0.5, 0.6) is 11.5 Å². The highest BCUT2D eigenvalue weighted by atomic mass is 32.2. The minimum absolute atomic E-state index is 0.0868. The van der Waals surface area contributed by atoms with Gasteiger partial charge in [0.1, 0.15) is 0 Å². The lowest BCUT2D eigenvalue weighted by molar-refractivity contribution is -0.119. The van der Waals surface area contributed by atoms with Crippen molar-refractivity contribution >= 4 is 40.5 Å². The summed E-state index contributed by atoms with van der Waals surface area (Å²) < 4.78 is 10.5. The van der Waals surface area contributed by atoms with Crippen molar-refractivity contribution in [3.05, 3.63) is 23.8 Å². The number of carbonyl (C=O) groups excluding carboxylic acids is 1. The van der Waals surface area contributed by atoms with Crippen LogP contribution in [0.15, 0.2) is 23.3 Å². The molecule has 1 atom stereocenters. The zero-order valence-electron chi connectivity index (χ0n) is 18.3. The average molecular weight is 467 g/mol. The second kappa shape index (κ2) is 10.1. The summed E-state index contributed by atoms with van der Waals surface area (Å²) >= 11 is 6.90. The van der Waals surface area contributed by atoms with Gasteiger partial charge < -0.3 is 14.8 Å². The van der Waals surface area contributed by atoms with E-state index in [0.29, 0.717) is 15.8 Å². The van der Waals surface area contributed by atoms with Crippen LogP contribution in [0.4, 0.5) is 4.79 Å². The number of urea groups is 1. The summed E-state index contributed by atoms with van der Waals surface area (Å²) in [5.41, 5.74) is 0.769. The molecular weight excluding hydrogens is 436 g/mol. The van der Waals surface area contributed by atoms with Gasteiger partial charge in [-0.1, -0.05) is 43.2 Å². The number of carbonyl (C=O) groups is 1. The Labute approximate surface area is 192 Å². The predicted octanol–water partition coefficient (Wildman–Crippen LogP) is 4.21. The van der Waals surface area contributed by atoms with E-state index < -0.39 is 16.9 Å². The van der Waals surface area contributed by atoms with Gasteiger partial charge in [-0.2, -0.15) is 10.2 Å². The van der Waals surface area contributed by atoms with Crippen LogP contribution in [0, 0.1) is 0 Å². The molecule has 0 unspecified atom stereocenters. The van der Waals surface area contributed by atoms with E-state index in [9.17, 15) is 10.0 Å². The van der Waals surface area contributed by atoms with Gasteiger partial charge in [0.2, 0.25) is 0 Å². The summed E-state index contributed by atoms with van der Waals surface area (Å²) in [7, 11) is 3.14. The second-order valence-electron chi connectivity index (χ2n) is 8.18. The number of amides is 2. The number of ether oxygens (including phenoxy) is 2. The number of benzene rings is 1. The quantitative estimate of drug-likeness (QED) is 0.281.